The van der Waals surface area contributed by atoms with Crippen LogP contribution in [0.3, 0.4) is 0 Å². The summed E-state index contributed by atoms with van der Waals surface area (Å²) in [7, 11) is -3.73. The second kappa shape index (κ2) is 9.42. The SMILES string of the molecule is CCN1CCN(S(=O)(=O)C2SC=C(NC(=O)Nc3cccc(Cl)c3Cl)C2O)CC1. The lowest BCUT2D eigenvalue weighted by Crippen LogP contribution is -2.52. The molecule has 0 spiro atoms. The van der Waals surface area contributed by atoms with Crippen LogP contribution in [0.15, 0.2) is 29.3 Å². The molecule has 2 atom stereocenters. The number of halogens is 2. The monoisotopic (exact) mass is 480 g/mol. The van der Waals surface area contributed by atoms with Crippen LogP contribution in [0.4, 0.5) is 10.5 Å². The average molecular weight is 481 g/mol. The Morgan fingerprint density at radius 2 is 1.93 bits per heavy atom. The zero-order valence-electron chi connectivity index (χ0n) is 15.6. The first-order valence-corrected chi connectivity index (χ1v) is 12.2. The van der Waals surface area contributed by atoms with Gasteiger partial charge in [-0.1, -0.05) is 36.2 Å². The molecule has 1 aromatic rings. The molecule has 3 rings (SSSR count). The van der Waals surface area contributed by atoms with Gasteiger partial charge >= 0.3 is 6.03 Å². The van der Waals surface area contributed by atoms with Crippen molar-refractivity contribution >= 4 is 56.7 Å². The van der Waals surface area contributed by atoms with Crippen molar-refractivity contribution in [3.8, 4) is 0 Å². The third kappa shape index (κ3) is 5.01. The molecule has 2 aliphatic heterocycles. The van der Waals surface area contributed by atoms with E-state index in [-0.39, 0.29) is 15.7 Å². The number of carbonyl (C=O) groups is 1. The maximum Gasteiger partial charge on any atom is 0.323 e. The van der Waals surface area contributed by atoms with Gasteiger partial charge < -0.3 is 20.6 Å². The molecule has 0 aromatic heterocycles. The van der Waals surface area contributed by atoms with E-state index in [0.717, 1.165) is 18.3 Å². The number of nitrogens with zero attached hydrogens (tertiary/aromatic N) is 2. The molecule has 2 aliphatic rings. The Morgan fingerprint density at radius 3 is 2.59 bits per heavy atom. The zero-order chi connectivity index (χ0) is 21.2. The summed E-state index contributed by atoms with van der Waals surface area (Å²) in [4.78, 5) is 14.4. The normalized spacial score (nSPS) is 23.7. The van der Waals surface area contributed by atoms with Crippen molar-refractivity contribution in [3.63, 3.8) is 0 Å². The van der Waals surface area contributed by atoms with E-state index in [9.17, 15) is 18.3 Å². The largest absolute Gasteiger partial charge is 0.385 e. The van der Waals surface area contributed by atoms with Gasteiger partial charge in [-0.15, -0.1) is 11.8 Å². The van der Waals surface area contributed by atoms with Gasteiger partial charge in [-0.3, -0.25) is 0 Å². The lowest BCUT2D eigenvalue weighted by Gasteiger charge is -2.35. The Labute approximate surface area is 184 Å². The maximum atomic E-state index is 12.9. The Bertz CT molecular complexity index is 905. The number of hydrogen-bond acceptors (Lipinski definition) is 6. The van der Waals surface area contributed by atoms with Crippen molar-refractivity contribution in [2.45, 2.75) is 17.6 Å². The standard InChI is InChI=1S/C17H22Cl2N4O4S2/c1-2-22-6-8-23(9-7-22)29(26,27)16-15(24)13(10-28-16)21-17(25)20-12-5-3-4-11(18)14(12)19/h3-5,10,15-16,24H,2,6-9H2,1H3,(H2,20,21,25). The molecule has 29 heavy (non-hydrogen) atoms. The number of anilines is 1. The number of carbonyl (C=O) groups excluding carboxylic acids is 1. The first-order valence-electron chi connectivity index (χ1n) is 9.01. The van der Waals surface area contributed by atoms with E-state index >= 15 is 0 Å². The fraction of sp³-hybridized carbons (Fsp3) is 0.471. The molecule has 3 N–H and O–H groups in total. The molecule has 0 bridgehead atoms. The molecule has 8 nitrogen and oxygen atoms in total. The van der Waals surface area contributed by atoms with E-state index in [1.807, 2.05) is 6.92 Å². The van der Waals surface area contributed by atoms with Gasteiger partial charge in [-0.25, -0.2) is 13.2 Å². The second-order valence-electron chi connectivity index (χ2n) is 6.58. The number of aliphatic hydroxyl groups is 1. The number of piperazine rings is 1. The third-order valence-corrected chi connectivity index (χ3v) is 9.52. The molecule has 1 aromatic carbocycles. The number of benzene rings is 1. The number of amides is 2. The first-order chi connectivity index (χ1) is 13.7. The number of nitrogens with one attached hydrogen (secondary N) is 2. The van der Waals surface area contributed by atoms with E-state index in [1.165, 1.54) is 9.71 Å². The fourth-order valence-electron chi connectivity index (χ4n) is 3.10. The van der Waals surface area contributed by atoms with Gasteiger partial charge in [0, 0.05) is 26.2 Å². The molecule has 0 saturated carbocycles. The van der Waals surface area contributed by atoms with Crippen LogP contribution in [0.2, 0.25) is 10.0 Å². The lowest BCUT2D eigenvalue weighted by atomic mass is 10.3. The van der Waals surface area contributed by atoms with Crippen LogP contribution in [0, 0.1) is 0 Å². The van der Waals surface area contributed by atoms with E-state index < -0.39 is 26.7 Å². The Balaban J connectivity index is 1.61. The first kappa shape index (κ1) is 22.7. The highest BCUT2D eigenvalue weighted by Crippen LogP contribution is 2.35. The second-order valence-corrected chi connectivity index (χ2v) is 10.7. The van der Waals surface area contributed by atoms with Crippen molar-refractivity contribution in [2.75, 3.05) is 38.0 Å². The van der Waals surface area contributed by atoms with Gasteiger partial charge in [0.25, 0.3) is 0 Å². The minimum Gasteiger partial charge on any atom is -0.385 e. The van der Waals surface area contributed by atoms with Crippen LogP contribution in [-0.2, 0) is 10.0 Å². The summed E-state index contributed by atoms with van der Waals surface area (Å²) < 4.78 is 26.2. The van der Waals surface area contributed by atoms with Crippen molar-refractivity contribution < 1.29 is 18.3 Å². The van der Waals surface area contributed by atoms with E-state index in [0.29, 0.717) is 31.9 Å². The Morgan fingerprint density at radius 1 is 1.24 bits per heavy atom. The molecule has 2 unspecified atom stereocenters. The number of likely N-dealkylation sites (N-methyl/N-ethyl adjacent to an activating group) is 1. The zero-order valence-corrected chi connectivity index (χ0v) is 18.8. The van der Waals surface area contributed by atoms with Crippen LogP contribution in [-0.4, -0.2) is 72.2 Å². The smallest absolute Gasteiger partial charge is 0.323 e. The summed E-state index contributed by atoms with van der Waals surface area (Å²) in [5.41, 5.74) is 0.418. The summed E-state index contributed by atoms with van der Waals surface area (Å²) in [5, 5.41) is 17.5. The molecule has 1 fully saturated rings. The predicted molar refractivity (Wildman–Crippen MR) is 117 cm³/mol. The summed E-state index contributed by atoms with van der Waals surface area (Å²) in [6.07, 6.45) is -1.35. The number of thioether (sulfide) groups is 1. The summed E-state index contributed by atoms with van der Waals surface area (Å²) >= 11 is 12.9. The van der Waals surface area contributed by atoms with E-state index in [4.69, 9.17) is 23.2 Å². The number of hydrogen-bond donors (Lipinski definition) is 3. The van der Waals surface area contributed by atoms with Crippen LogP contribution in [0.5, 0.6) is 0 Å². The minimum absolute atomic E-state index is 0.117. The van der Waals surface area contributed by atoms with Crippen molar-refractivity contribution in [2.24, 2.45) is 0 Å². The topological polar surface area (TPSA) is 102 Å². The molecule has 2 heterocycles. The molecule has 2 amide bonds. The van der Waals surface area contributed by atoms with Crippen LogP contribution < -0.4 is 10.6 Å². The molecular formula is C17H22Cl2N4O4S2. The average Bonchev–Trinajstić information content (AvgIpc) is 3.06. The number of urea groups is 1. The van der Waals surface area contributed by atoms with Crippen LogP contribution >= 0.6 is 35.0 Å². The third-order valence-electron chi connectivity index (χ3n) is 4.80. The summed E-state index contributed by atoms with van der Waals surface area (Å²) in [5.74, 6) is 0. The van der Waals surface area contributed by atoms with E-state index in [2.05, 4.69) is 15.5 Å². The molecule has 12 heteroatoms. The van der Waals surface area contributed by atoms with Gasteiger partial charge in [-0.2, -0.15) is 4.31 Å². The van der Waals surface area contributed by atoms with Crippen molar-refractivity contribution in [1.29, 1.82) is 0 Å². The van der Waals surface area contributed by atoms with Crippen molar-refractivity contribution in [1.82, 2.24) is 14.5 Å². The summed E-state index contributed by atoms with van der Waals surface area (Å²) in [6.45, 7) is 4.99. The highest BCUT2D eigenvalue weighted by molar-refractivity contribution is 8.14. The van der Waals surface area contributed by atoms with Gasteiger partial charge in [-0.05, 0) is 24.1 Å². The molecule has 160 valence electrons. The van der Waals surface area contributed by atoms with Crippen LogP contribution in [0.1, 0.15) is 6.92 Å². The minimum atomic E-state index is -3.73. The number of rotatable bonds is 5. The van der Waals surface area contributed by atoms with Gasteiger partial charge in [0.15, 0.2) is 4.58 Å². The molecular weight excluding hydrogens is 459 g/mol. The Hall–Kier alpha value is -1.01. The quantitative estimate of drug-likeness (QED) is 0.597. The Kier molecular flexibility index (Phi) is 7.36. The summed E-state index contributed by atoms with van der Waals surface area (Å²) in [6, 6.07) is 4.13. The van der Waals surface area contributed by atoms with E-state index in [1.54, 1.807) is 18.2 Å². The lowest BCUT2D eigenvalue weighted by molar-refractivity contribution is 0.188. The number of sulfonamides is 1. The maximum absolute atomic E-state index is 12.9. The van der Waals surface area contributed by atoms with Crippen LogP contribution in [0.25, 0.3) is 0 Å². The number of aliphatic hydroxyl groups excluding tert-OH is 1. The van der Waals surface area contributed by atoms with Gasteiger partial charge in [0.2, 0.25) is 10.0 Å². The predicted octanol–water partition coefficient (Wildman–Crippen LogP) is 2.36. The highest BCUT2D eigenvalue weighted by atomic mass is 35.5. The van der Waals surface area contributed by atoms with Crippen molar-refractivity contribution in [3.05, 3.63) is 39.3 Å². The van der Waals surface area contributed by atoms with Gasteiger partial charge in [0.05, 0.1) is 21.4 Å². The molecule has 1 saturated heterocycles. The molecule has 0 radical (unpaired) electrons. The molecule has 0 aliphatic carbocycles. The highest BCUT2D eigenvalue weighted by Gasteiger charge is 2.43. The van der Waals surface area contributed by atoms with Gasteiger partial charge in [0.1, 0.15) is 6.10 Å². The fourth-order valence-corrected chi connectivity index (χ4v) is 6.75.